The summed E-state index contributed by atoms with van der Waals surface area (Å²) in [5.74, 6) is 8.38. The first-order chi connectivity index (χ1) is 7.40. The van der Waals surface area contributed by atoms with Crippen molar-refractivity contribution in [2.45, 2.75) is 31.7 Å². The molecule has 1 heterocycles. The van der Waals surface area contributed by atoms with Gasteiger partial charge >= 0.3 is 0 Å². The molecule has 2 saturated carbocycles. The summed E-state index contributed by atoms with van der Waals surface area (Å²) >= 11 is 0. The maximum atomic E-state index is 5.65. The predicted octanol–water partition coefficient (Wildman–Crippen LogP) is 1.70. The molecule has 3 N–H and O–H groups in total. The molecule has 3 rings (SSSR count). The van der Waals surface area contributed by atoms with Gasteiger partial charge in [-0.15, -0.1) is 0 Å². The normalized spacial score (nSPS) is 35.1. The Morgan fingerprint density at radius 3 is 2.87 bits per heavy atom. The highest BCUT2D eigenvalue weighted by Gasteiger charge is 2.55. The van der Waals surface area contributed by atoms with Gasteiger partial charge in [0.2, 0.25) is 0 Å². The fourth-order valence-corrected chi connectivity index (χ4v) is 3.44. The van der Waals surface area contributed by atoms with E-state index in [9.17, 15) is 0 Å². The third kappa shape index (κ3) is 1.60. The zero-order chi connectivity index (χ0) is 10.3. The molecule has 2 aliphatic rings. The summed E-state index contributed by atoms with van der Waals surface area (Å²) in [6.07, 6.45) is 8.82. The molecule has 1 aromatic heterocycles. The van der Waals surface area contributed by atoms with E-state index in [-0.39, 0.29) is 0 Å². The molecule has 0 spiro atoms. The van der Waals surface area contributed by atoms with Crippen molar-refractivity contribution in [2.24, 2.45) is 23.6 Å². The van der Waals surface area contributed by atoms with Gasteiger partial charge in [-0.1, -0.05) is 6.42 Å². The van der Waals surface area contributed by atoms with Crippen molar-refractivity contribution < 1.29 is 4.42 Å². The number of nitrogens with two attached hydrogens (primary N) is 1. The van der Waals surface area contributed by atoms with Crippen LogP contribution in [-0.2, 0) is 6.42 Å². The van der Waals surface area contributed by atoms with Crippen molar-refractivity contribution in [1.29, 1.82) is 0 Å². The van der Waals surface area contributed by atoms with E-state index in [1.54, 1.807) is 6.26 Å². The fraction of sp³-hybridized carbons (Fsp3) is 0.667. The number of hydrogen-bond acceptors (Lipinski definition) is 3. The summed E-state index contributed by atoms with van der Waals surface area (Å²) in [4.78, 5) is 0. The van der Waals surface area contributed by atoms with E-state index in [0.717, 1.165) is 24.2 Å². The molecule has 0 bridgehead atoms. The van der Waals surface area contributed by atoms with Crippen molar-refractivity contribution in [3.63, 3.8) is 0 Å². The topological polar surface area (TPSA) is 51.2 Å². The van der Waals surface area contributed by atoms with Gasteiger partial charge in [0, 0.05) is 6.04 Å². The largest absolute Gasteiger partial charge is 0.472 e. The first-order valence-electron chi connectivity index (χ1n) is 5.87. The summed E-state index contributed by atoms with van der Waals surface area (Å²) < 4.78 is 5.09. The van der Waals surface area contributed by atoms with Crippen LogP contribution in [0.2, 0.25) is 0 Å². The maximum absolute atomic E-state index is 5.65. The van der Waals surface area contributed by atoms with Gasteiger partial charge in [0.15, 0.2) is 0 Å². The lowest BCUT2D eigenvalue weighted by Gasteiger charge is -2.16. The third-order valence-corrected chi connectivity index (χ3v) is 4.19. The van der Waals surface area contributed by atoms with E-state index in [0.29, 0.717) is 6.04 Å². The molecular formula is C12H18N2O. The Labute approximate surface area is 90.0 Å². The summed E-state index contributed by atoms with van der Waals surface area (Å²) in [6, 6.07) is 2.47. The van der Waals surface area contributed by atoms with Crippen LogP contribution in [0, 0.1) is 17.8 Å². The minimum atomic E-state index is 0.442. The SMILES string of the molecule is NNC(Cc1ccoc1)C1C2CCCC21. The molecule has 3 unspecified atom stereocenters. The molecule has 2 fully saturated rings. The van der Waals surface area contributed by atoms with E-state index in [4.69, 9.17) is 10.3 Å². The molecule has 0 amide bonds. The van der Waals surface area contributed by atoms with Gasteiger partial charge in [-0.25, -0.2) is 0 Å². The quantitative estimate of drug-likeness (QED) is 0.582. The maximum Gasteiger partial charge on any atom is 0.0935 e. The van der Waals surface area contributed by atoms with Crippen molar-refractivity contribution >= 4 is 0 Å². The standard InChI is InChI=1S/C12H18N2O/c13-14-11(6-8-4-5-15-7-8)12-9-2-1-3-10(9)12/h4-5,7,9-12,14H,1-3,6,13H2. The molecule has 3 atom stereocenters. The second-order valence-electron chi connectivity index (χ2n) is 4.94. The van der Waals surface area contributed by atoms with Crippen LogP contribution < -0.4 is 11.3 Å². The Hall–Kier alpha value is -0.800. The van der Waals surface area contributed by atoms with E-state index < -0.39 is 0 Å². The molecule has 2 aliphatic carbocycles. The van der Waals surface area contributed by atoms with Gasteiger partial charge in [-0.3, -0.25) is 11.3 Å². The van der Waals surface area contributed by atoms with Crippen LogP contribution >= 0.6 is 0 Å². The molecule has 82 valence electrons. The van der Waals surface area contributed by atoms with Gasteiger partial charge in [-0.2, -0.15) is 0 Å². The van der Waals surface area contributed by atoms with Crippen molar-refractivity contribution in [2.75, 3.05) is 0 Å². The lowest BCUT2D eigenvalue weighted by atomic mass is 9.99. The molecule has 0 aromatic carbocycles. The first kappa shape index (κ1) is 9.43. The van der Waals surface area contributed by atoms with Gasteiger partial charge < -0.3 is 4.42 Å². The first-order valence-corrected chi connectivity index (χ1v) is 5.87. The fourth-order valence-electron chi connectivity index (χ4n) is 3.44. The molecule has 3 nitrogen and oxygen atoms in total. The smallest absolute Gasteiger partial charge is 0.0935 e. The van der Waals surface area contributed by atoms with Crippen LogP contribution in [0.4, 0.5) is 0 Å². The number of rotatable bonds is 4. The highest BCUT2D eigenvalue weighted by atomic mass is 16.3. The Morgan fingerprint density at radius 2 is 2.27 bits per heavy atom. The molecule has 0 radical (unpaired) electrons. The average Bonchev–Trinajstić information content (AvgIpc) is 2.73. The lowest BCUT2D eigenvalue weighted by Crippen LogP contribution is -2.39. The minimum absolute atomic E-state index is 0.442. The molecule has 3 heteroatoms. The minimum Gasteiger partial charge on any atom is -0.472 e. The number of furan rings is 1. The van der Waals surface area contributed by atoms with Crippen molar-refractivity contribution in [1.82, 2.24) is 5.43 Å². The van der Waals surface area contributed by atoms with Gasteiger partial charge in [-0.05, 0) is 48.6 Å². The third-order valence-electron chi connectivity index (χ3n) is 4.19. The second kappa shape index (κ2) is 3.65. The summed E-state index contributed by atoms with van der Waals surface area (Å²) in [7, 11) is 0. The van der Waals surface area contributed by atoms with Crippen LogP contribution in [-0.4, -0.2) is 6.04 Å². The molecule has 0 saturated heterocycles. The van der Waals surface area contributed by atoms with E-state index in [1.807, 2.05) is 12.3 Å². The van der Waals surface area contributed by atoms with Gasteiger partial charge in [0.05, 0.1) is 12.5 Å². The van der Waals surface area contributed by atoms with Crippen molar-refractivity contribution in [3.05, 3.63) is 24.2 Å². The van der Waals surface area contributed by atoms with Gasteiger partial charge in [0.1, 0.15) is 0 Å². The second-order valence-corrected chi connectivity index (χ2v) is 4.94. The van der Waals surface area contributed by atoms with Crippen LogP contribution in [0.15, 0.2) is 23.0 Å². The Morgan fingerprint density at radius 1 is 1.47 bits per heavy atom. The number of fused-ring (bicyclic) bond motifs is 1. The molecule has 1 aromatic rings. The van der Waals surface area contributed by atoms with E-state index in [2.05, 4.69) is 5.43 Å². The summed E-state index contributed by atoms with van der Waals surface area (Å²) in [5, 5.41) is 0. The highest BCUT2D eigenvalue weighted by molar-refractivity contribution is 5.13. The number of hydrogen-bond donors (Lipinski definition) is 2. The average molecular weight is 206 g/mol. The number of nitrogens with one attached hydrogen (secondary N) is 1. The van der Waals surface area contributed by atoms with Crippen LogP contribution in [0.25, 0.3) is 0 Å². The summed E-state index contributed by atoms with van der Waals surface area (Å²) in [6.45, 7) is 0. The van der Waals surface area contributed by atoms with Crippen LogP contribution in [0.5, 0.6) is 0 Å². The molecule has 15 heavy (non-hydrogen) atoms. The Kier molecular flexibility index (Phi) is 2.29. The zero-order valence-corrected chi connectivity index (χ0v) is 8.86. The lowest BCUT2D eigenvalue weighted by molar-refractivity contribution is 0.409. The monoisotopic (exact) mass is 206 g/mol. The van der Waals surface area contributed by atoms with E-state index >= 15 is 0 Å². The van der Waals surface area contributed by atoms with Crippen LogP contribution in [0.1, 0.15) is 24.8 Å². The molecule has 0 aliphatic heterocycles. The highest BCUT2D eigenvalue weighted by Crippen LogP contribution is 2.59. The zero-order valence-electron chi connectivity index (χ0n) is 8.86. The summed E-state index contributed by atoms with van der Waals surface area (Å²) in [5.41, 5.74) is 4.24. The molecular weight excluding hydrogens is 188 g/mol. The van der Waals surface area contributed by atoms with Gasteiger partial charge in [0.25, 0.3) is 0 Å². The predicted molar refractivity (Wildman–Crippen MR) is 57.8 cm³/mol. The Bertz CT molecular complexity index is 312. The van der Waals surface area contributed by atoms with Crippen molar-refractivity contribution in [3.8, 4) is 0 Å². The van der Waals surface area contributed by atoms with E-state index in [1.165, 1.54) is 24.8 Å². The van der Waals surface area contributed by atoms with Crippen LogP contribution in [0.3, 0.4) is 0 Å². The Balaban J connectivity index is 1.63. The number of hydrazine groups is 1.